The van der Waals surface area contributed by atoms with Crippen LogP contribution in [0.5, 0.6) is 11.5 Å². The van der Waals surface area contributed by atoms with Crippen molar-refractivity contribution in [2.45, 2.75) is 18.7 Å². The number of carbonyl (C=O) groups excluding carboxylic acids is 1. The molecule has 1 amide bonds. The smallest absolute Gasteiger partial charge is 0.255 e. The van der Waals surface area contributed by atoms with E-state index in [1.54, 1.807) is 4.90 Å². The molecule has 1 fully saturated rings. The molecule has 2 aliphatic heterocycles. The Bertz CT molecular complexity index is 1680. The van der Waals surface area contributed by atoms with E-state index in [2.05, 4.69) is 10.3 Å². The summed E-state index contributed by atoms with van der Waals surface area (Å²) < 4.78 is 20.3. The fourth-order valence-corrected chi connectivity index (χ4v) is 5.28. The van der Waals surface area contributed by atoms with Gasteiger partial charge in [0.1, 0.15) is 35.3 Å². The molecule has 0 radical (unpaired) electrons. The average Bonchev–Trinajstić information content (AvgIpc) is 3.50. The van der Waals surface area contributed by atoms with E-state index in [1.165, 1.54) is 18.2 Å². The van der Waals surface area contributed by atoms with Crippen LogP contribution in [0.25, 0.3) is 22.2 Å². The highest BCUT2D eigenvalue weighted by Gasteiger charge is 2.37. The van der Waals surface area contributed by atoms with Crippen molar-refractivity contribution < 1.29 is 19.0 Å². The SMILES string of the molecule is O=C1c2cc(-c3ccc(OC4CNC4)cc3)ccc2CN1C(c1nc2ccccc2[nH]1)c1cc(F)ccc1O. The van der Waals surface area contributed by atoms with Gasteiger partial charge in [-0.3, -0.25) is 4.79 Å². The summed E-state index contributed by atoms with van der Waals surface area (Å²) in [4.78, 5) is 23.5. The molecule has 0 bridgehead atoms. The molecule has 0 saturated carbocycles. The predicted molar refractivity (Wildman–Crippen MR) is 145 cm³/mol. The maximum absolute atomic E-state index is 14.4. The van der Waals surface area contributed by atoms with Crippen LogP contribution in [0.1, 0.15) is 33.4 Å². The third-order valence-electron chi connectivity index (χ3n) is 7.44. The van der Waals surface area contributed by atoms with Crippen LogP contribution in [-0.4, -0.2) is 45.1 Å². The highest BCUT2D eigenvalue weighted by atomic mass is 19.1. The van der Waals surface area contributed by atoms with Crippen LogP contribution in [0, 0.1) is 5.82 Å². The van der Waals surface area contributed by atoms with Gasteiger partial charge in [-0.25, -0.2) is 9.37 Å². The van der Waals surface area contributed by atoms with E-state index in [4.69, 9.17) is 9.72 Å². The molecule has 1 atom stereocenters. The number of fused-ring (bicyclic) bond motifs is 2. The predicted octanol–water partition coefficient (Wildman–Crippen LogP) is 5.17. The molecule has 7 nitrogen and oxygen atoms in total. The molecule has 0 spiro atoms. The molecule has 4 aromatic carbocycles. The van der Waals surface area contributed by atoms with E-state index in [0.29, 0.717) is 17.9 Å². The normalized spacial score (nSPS) is 15.8. The minimum Gasteiger partial charge on any atom is -0.508 e. The number of phenols is 1. The number of hydrogen-bond acceptors (Lipinski definition) is 5. The first-order chi connectivity index (χ1) is 19.0. The number of ether oxygens (including phenoxy) is 1. The Morgan fingerprint density at radius 1 is 0.974 bits per heavy atom. The number of benzene rings is 4. The van der Waals surface area contributed by atoms with Crippen LogP contribution in [0.2, 0.25) is 0 Å². The standard InChI is InChI=1S/C31H25FN4O3/c32-21-9-12-28(37)25(14-21)29(30-34-26-3-1-2-4-27(26)35-30)36-17-20-6-5-19(13-24(20)31(36)38)18-7-10-22(11-8-18)39-23-15-33-16-23/h1-14,23,29,33,37H,15-17H2,(H,34,35). The number of phenolic OH excluding ortho intramolecular Hbond substituents is 1. The topological polar surface area (TPSA) is 90.5 Å². The number of halogens is 1. The van der Waals surface area contributed by atoms with Gasteiger partial charge in [-0.2, -0.15) is 0 Å². The molecule has 3 N–H and O–H groups in total. The van der Waals surface area contributed by atoms with Gasteiger partial charge in [0.2, 0.25) is 0 Å². The Balaban J connectivity index is 1.24. The third kappa shape index (κ3) is 4.19. The first-order valence-corrected chi connectivity index (χ1v) is 12.9. The van der Waals surface area contributed by atoms with Crippen molar-refractivity contribution >= 4 is 16.9 Å². The minimum atomic E-state index is -0.811. The Morgan fingerprint density at radius 2 is 1.77 bits per heavy atom. The second-order valence-corrected chi connectivity index (χ2v) is 9.97. The van der Waals surface area contributed by atoms with Crippen LogP contribution >= 0.6 is 0 Å². The van der Waals surface area contributed by atoms with Gasteiger partial charge in [0.15, 0.2) is 0 Å². The molecule has 7 rings (SSSR count). The number of aromatic amines is 1. The van der Waals surface area contributed by atoms with Gasteiger partial charge < -0.3 is 25.0 Å². The number of imidazole rings is 1. The van der Waals surface area contributed by atoms with E-state index >= 15 is 0 Å². The Morgan fingerprint density at radius 3 is 2.54 bits per heavy atom. The number of aromatic nitrogens is 2. The first-order valence-electron chi connectivity index (χ1n) is 12.9. The van der Waals surface area contributed by atoms with Gasteiger partial charge in [-0.05, 0) is 65.2 Å². The van der Waals surface area contributed by atoms with Gasteiger partial charge >= 0.3 is 0 Å². The van der Waals surface area contributed by atoms with Gasteiger partial charge in [-0.1, -0.05) is 36.4 Å². The maximum atomic E-state index is 14.4. The van der Waals surface area contributed by atoms with Crippen LogP contribution in [-0.2, 0) is 6.54 Å². The van der Waals surface area contributed by atoms with Gasteiger partial charge in [0.25, 0.3) is 5.91 Å². The molecule has 39 heavy (non-hydrogen) atoms. The number of amides is 1. The van der Waals surface area contributed by atoms with E-state index < -0.39 is 11.9 Å². The van der Waals surface area contributed by atoms with Gasteiger partial charge in [-0.15, -0.1) is 0 Å². The maximum Gasteiger partial charge on any atom is 0.255 e. The van der Waals surface area contributed by atoms with Gasteiger partial charge in [0, 0.05) is 30.8 Å². The molecular formula is C31H25FN4O3. The van der Waals surface area contributed by atoms with Crippen molar-refractivity contribution in [2.75, 3.05) is 13.1 Å². The summed E-state index contributed by atoms with van der Waals surface area (Å²) in [5.41, 5.74) is 5.10. The molecule has 8 heteroatoms. The Kier molecular flexibility index (Phi) is 5.56. The summed E-state index contributed by atoms with van der Waals surface area (Å²) >= 11 is 0. The van der Waals surface area contributed by atoms with E-state index in [9.17, 15) is 14.3 Å². The zero-order valence-corrected chi connectivity index (χ0v) is 20.9. The van der Waals surface area contributed by atoms with Crippen molar-refractivity contribution in [1.82, 2.24) is 20.2 Å². The van der Waals surface area contributed by atoms with Crippen molar-refractivity contribution in [3.8, 4) is 22.6 Å². The zero-order chi connectivity index (χ0) is 26.5. The van der Waals surface area contributed by atoms with E-state index in [0.717, 1.165) is 46.6 Å². The number of para-hydroxylation sites is 2. The summed E-state index contributed by atoms with van der Waals surface area (Å²) in [6, 6.07) is 24.2. The Labute approximate surface area is 223 Å². The molecule has 5 aromatic rings. The second kappa shape index (κ2) is 9.25. The highest BCUT2D eigenvalue weighted by Crippen LogP contribution is 2.40. The fourth-order valence-electron chi connectivity index (χ4n) is 5.28. The lowest BCUT2D eigenvalue weighted by atomic mass is 10.0. The molecule has 2 aliphatic rings. The van der Waals surface area contributed by atoms with Crippen LogP contribution in [0.3, 0.4) is 0 Å². The van der Waals surface area contributed by atoms with Crippen LogP contribution in [0.15, 0.2) is 84.9 Å². The number of H-pyrrole nitrogens is 1. The second-order valence-electron chi connectivity index (χ2n) is 9.97. The molecule has 194 valence electrons. The molecule has 3 heterocycles. The summed E-state index contributed by atoms with van der Waals surface area (Å²) in [7, 11) is 0. The number of hydrogen-bond donors (Lipinski definition) is 3. The molecule has 1 aromatic heterocycles. The number of aromatic hydroxyl groups is 1. The molecular weight excluding hydrogens is 495 g/mol. The Hall–Kier alpha value is -4.69. The average molecular weight is 521 g/mol. The van der Waals surface area contributed by atoms with Crippen LogP contribution < -0.4 is 10.1 Å². The number of carbonyl (C=O) groups is 1. The number of rotatable bonds is 6. The summed E-state index contributed by atoms with van der Waals surface area (Å²) in [5.74, 6) is 0.453. The molecule has 1 unspecified atom stereocenters. The van der Waals surface area contributed by atoms with E-state index in [-0.39, 0.29) is 23.3 Å². The highest BCUT2D eigenvalue weighted by molar-refractivity contribution is 6.00. The van der Waals surface area contributed by atoms with Crippen molar-refractivity contribution in [3.63, 3.8) is 0 Å². The molecule has 1 saturated heterocycles. The summed E-state index contributed by atoms with van der Waals surface area (Å²) in [6.07, 6.45) is 0.205. The first kappa shape index (κ1) is 23.4. The van der Waals surface area contributed by atoms with Gasteiger partial charge in [0.05, 0.1) is 11.0 Å². The lowest BCUT2D eigenvalue weighted by molar-refractivity contribution is 0.0723. The summed E-state index contributed by atoms with van der Waals surface area (Å²) in [6.45, 7) is 2.01. The molecule has 0 aliphatic carbocycles. The zero-order valence-electron chi connectivity index (χ0n) is 20.9. The monoisotopic (exact) mass is 520 g/mol. The third-order valence-corrected chi connectivity index (χ3v) is 7.44. The van der Waals surface area contributed by atoms with Crippen LogP contribution in [0.4, 0.5) is 4.39 Å². The fraction of sp³-hybridized carbons (Fsp3) is 0.161. The number of nitrogens with one attached hydrogen (secondary N) is 2. The largest absolute Gasteiger partial charge is 0.508 e. The van der Waals surface area contributed by atoms with Crippen molar-refractivity contribution in [3.05, 3.63) is 113 Å². The lowest BCUT2D eigenvalue weighted by Crippen LogP contribution is -2.50. The minimum absolute atomic E-state index is 0.105. The quantitative estimate of drug-likeness (QED) is 0.287. The lowest BCUT2D eigenvalue weighted by Gasteiger charge is -2.27. The van der Waals surface area contributed by atoms with E-state index in [1.807, 2.05) is 66.7 Å². The summed E-state index contributed by atoms with van der Waals surface area (Å²) in [5, 5.41) is 13.9. The number of nitrogens with zero attached hydrogens (tertiary/aromatic N) is 2. The van der Waals surface area contributed by atoms with Crippen molar-refractivity contribution in [1.29, 1.82) is 0 Å². The van der Waals surface area contributed by atoms with Crippen molar-refractivity contribution in [2.24, 2.45) is 0 Å².